The molecule has 0 spiro atoms. The first-order chi connectivity index (χ1) is 13.4. The van der Waals surface area contributed by atoms with Crippen molar-refractivity contribution in [3.8, 4) is 11.4 Å². The lowest BCUT2D eigenvalue weighted by Crippen LogP contribution is -2.30. The normalized spacial score (nSPS) is 17.1. The van der Waals surface area contributed by atoms with Crippen molar-refractivity contribution in [2.75, 3.05) is 20.1 Å². The zero-order valence-corrected chi connectivity index (χ0v) is 15.7. The molecule has 0 radical (unpaired) electrons. The molecule has 148 valence electrons. The quantitative estimate of drug-likeness (QED) is 0.643. The summed E-state index contributed by atoms with van der Waals surface area (Å²) in [6.45, 7) is 2.15. The molecular weight excluding hydrogens is 364 g/mol. The van der Waals surface area contributed by atoms with Crippen LogP contribution in [0.25, 0.3) is 22.3 Å². The van der Waals surface area contributed by atoms with Gasteiger partial charge < -0.3 is 24.2 Å². The van der Waals surface area contributed by atoms with E-state index in [9.17, 15) is 0 Å². The van der Waals surface area contributed by atoms with Crippen molar-refractivity contribution in [3.05, 3.63) is 36.4 Å². The molecule has 1 aliphatic rings. The molecule has 1 atom stereocenters. The van der Waals surface area contributed by atoms with Crippen molar-refractivity contribution in [2.45, 2.75) is 18.8 Å². The smallest absolute Gasteiger partial charge is 0.414 e. The van der Waals surface area contributed by atoms with Gasteiger partial charge in [0.1, 0.15) is 0 Å². The number of para-hydroxylation sites is 1. The van der Waals surface area contributed by atoms with Crippen LogP contribution in [0.5, 0.6) is 0 Å². The Labute approximate surface area is 161 Å². The van der Waals surface area contributed by atoms with Gasteiger partial charge in [-0.3, -0.25) is 0 Å². The third-order valence-corrected chi connectivity index (χ3v) is 4.74. The number of aromatic nitrogens is 3. The molecule has 3 heterocycles. The summed E-state index contributed by atoms with van der Waals surface area (Å²) < 4.78 is 7.67. The van der Waals surface area contributed by atoms with Crippen LogP contribution in [0, 0.1) is 0 Å². The van der Waals surface area contributed by atoms with Crippen LogP contribution in [0.1, 0.15) is 24.7 Å². The summed E-state index contributed by atoms with van der Waals surface area (Å²) in [5.41, 5.74) is 2.22. The number of hydrogen-bond acceptors (Lipinski definition) is 6. The predicted octanol–water partition coefficient (Wildman–Crippen LogP) is 2.19. The van der Waals surface area contributed by atoms with Crippen LogP contribution >= 0.6 is 0 Å². The molecule has 0 amide bonds. The van der Waals surface area contributed by atoms with E-state index < -0.39 is 11.9 Å². The van der Waals surface area contributed by atoms with E-state index >= 15 is 0 Å². The Bertz CT molecular complexity index is 981. The molecule has 0 aliphatic carbocycles. The van der Waals surface area contributed by atoms with E-state index in [0.29, 0.717) is 11.7 Å². The molecule has 1 aliphatic heterocycles. The molecule has 1 fully saturated rings. The third-order valence-electron chi connectivity index (χ3n) is 4.74. The number of carboxylic acids is 2. The van der Waals surface area contributed by atoms with Crippen molar-refractivity contribution in [1.82, 2.24) is 19.6 Å². The Kier molecular flexibility index (Phi) is 5.74. The van der Waals surface area contributed by atoms with Gasteiger partial charge in [0.05, 0.1) is 5.92 Å². The van der Waals surface area contributed by atoms with Crippen LogP contribution in [-0.2, 0) is 16.6 Å². The molecular formula is C19H22N4O5. The van der Waals surface area contributed by atoms with Crippen molar-refractivity contribution in [3.63, 3.8) is 0 Å². The maximum atomic E-state index is 9.10. The minimum Gasteiger partial charge on any atom is -0.473 e. The number of hydrogen-bond donors (Lipinski definition) is 2. The van der Waals surface area contributed by atoms with E-state index in [4.69, 9.17) is 24.3 Å². The first-order valence-electron chi connectivity index (χ1n) is 8.89. The molecule has 0 saturated carbocycles. The van der Waals surface area contributed by atoms with Crippen LogP contribution < -0.4 is 0 Å². The molecule has 3 aromatic rings. The average molecular weight is 386 g/mol. The highest BCUT2D eigenvalue weighted by molar-refractivity contribution is 6.27. The number of piperidine rings is 1. The van der Waals surface area contributed by atoms with Gasteiger partial charge in [0, 0.05) is 36.3 Å². The van der Waals surface area contributed by atoms with Crippen LogP contribution in [-0.4, -0.2) is 61.9 Å². The molecule has 1 saturated heterocycles. The Hall–Kier alpha value is -3.20. The lowest BCUT2D eigenvalue weighted by atomic mass is 9.98. The molecule has 2 N–H and O–H groups in total. The summed E-state index contributed by atoms with van der Waals surface area (Å²) in [6.07, 6.45) is 4.39. The van der Waals surface area contributed by atoms with Gasteiger partial charge in [0.25, 0.3) is 0 Å². The maximum absolute atomic E-state index is 9.10. The molecule has 28 heavy (non-hydrogen) atoms. The average Bonchev–Trinajstić information content (AvgIpc) is 3.28. The zero-order chi connectivity index (χ0) is 20.3. The molecule has 9 heteroatoms. The fraction of sp³-hybridized carbons (Fsp3) is 0.368. The number of likely N-dealkylation sites (tertiary alicyclic amines) is 1. The number of carboxylic acid groups (broad SMARTS) is 2. The molecule has 9 nitrogen and oxygen atoms in total. The van der Waals surface area contributed by atoms with Crippen LogP contribution in [0.2, 0.25) is 0 Å². The summed E-state index contributed by atoms with van der Waals surface area (Å²) in [5, 5.41) is 20.2. The SMILES string of the molecule is CN1CCCC(c2nc(-c3cn(C)c4ccccc34)no2)C1.O=C(O)C(=O)O. The van der Waals surface area contributed by atoms with E-state index in [1.54, 1.807) is 0 Å². The number of aryl methyl sites for hydroxylation is 1. The van der Waals surface area contributed by atoms with Crippen molar-refractivity contribution in [1.29, 1.82) is 0 Å². The fourth-order valence-electron chi connectivity index (χ4n) is 3.40. The first kappa shape index (κ1) is 19.6. The largest absolute Gasteiger partial charge is 0.473 e. The molecule has 1 aromatic carbocycles. The van der Waals surface area contributed by atoms with Gasteiger partial charge in [-0.2, -0.15) is 4.98 Å². The second kappa shape index (κ2) is 8.22. The van der Waals surface area contributed by atoms with Gasteiger partial charge in [0.2, 0.25) is 11.7 Å². The van der Waals surface area contributed by atoms with Crippen molar-refractivity contribution >= 4 is 22.8 Å². The Morgan fingerprint density at radius 2 is 1.89 bits per heavy atom. The van der Waals surface area contributed by atoms with Gasteiger partial charge in [-0.25, -0.2) is 9.59 Å². The zero-order valence-electron chi connectivity index (χ0n) is 15.7. The second-order valence-corrected chi connectivity index (χ2v) is 6.84. The minimum atomic E-state index is -1.82. The van der Waals surface area contributed by atoms with Crippen molar-refractivity contribution < 1.29 is 24.3 Å². The van der Waals surface area contributed by atoms with E-state index in [0.717, 1.165) is 36.4 Å². The number of nitrogens with zero attached hydrogens (tertiary/aromatic N) is 4. The Balaban J connectivity index is 0.000000330. The number of benzene rings is 1. The summed E-state index contributed by atoms with van der Waals surface area (Å²) in [4.78, 5) is 25.2. The van der Waals surface area contributed by atoms with Gasteiger partial charge in [-0.05, 0) is 32.5 Å². The lowest BCUT2D eigenvalue weighted by molar-refractivity contribution is -0.159. The predicted molar refractivity (Wildman–Crippen MR) is 101 cm³/mol. The fourth-order valence-corrected chi connectivity index (χ4v) is 3.40. The Morgan fingerprint density at radius 3 is 2.57 bits per heavy atom. The Morgan fingerprint density at radius 1 is 1.18 bits per heavy atom. The molecule has 1 unspecified atom stereocenters. The van der Waals surface area contributed by atoms with E-state index in [1.165, 1.54) is 11.9 Å². The molecule has 2 aromatic heterocycles. The first-order valence-corrected chi connectivity index (χ1v) is 8.89. The van der Waals surface area contributed by atoms with Gasteiger partial charge in [0.15, 0.2) is 0 Å². The van der Waals surface area contributed by atoms with Gasteiger partial charge >= 0.3 is 11.9 Å². The second-order valence-electron chi connectivity index (χ2n) is 6.84. The number of aliphatic carboxylic acids is 2. The third kappa shape index (κ3) is 4.20. The van der Waals surface area contributed by atoms with Gasteiger partial charge in [-0.1, -0.05) is 23.4 Å². The highest BCUT2D eigenvalue weighted by Crippen LogP contribution is 2.31. The summed E-state index contributed by atoms with van der Waals surface area (Å²) in [6, 6.07) is 8.31. The topological polar surface area (TPSA) is 122 Å². The summed E-state index contributed by atoms with van der Waals surface area (Å²) in [7, 11) is 4.19. The molecule has 0 bridgehead atoms. The van der Waals surface area contributed by atoms with Crippen LogP contribution in [0.15, 0.2) is 35.0 Å². The monoisotopic (exact) mass is 386 g/mol. The summed E-state index contributed by atoms with van der Waals surface area (Å²) in [5.74, 6) is -1.82. The number of likely N-dealkylation sites (N-methyl/N-ethyl adjacent to an activating group) is 1. The standard InChI is InChI=1S/C17H20N4O.C2H2O4/c1-20-9-5-6-12(10-20)17-18-16(19-22-17)14-11-21(2)15-8-4-3-7-13(14)15;3-1(4)2(5)6/h3-4,7-8,11-12H,5-6,9-10H2,1-2H3;(H,3,4)(H,5,6). The van der Waals surface area contributed by atoms with Crippen LogP contribution in [0.3, 0.4) is 0 Å². The van der Waals surface area contributed by atoms with Crippen LogP contribution in [0.4, 0.5) is 0 Å². The highest BCUT2D eigenvalue weighted by atomic mass is 16.5. The molecule has 4 rings (SSSR count). The van der Waals surface area contributed by atoms with Gasteiger partial charge in [-0.15, -0.1) is 0 Å². The van der Waals surface area contributed by atoms with E-state index in [-0.39, 0.29) is 0 Å². The minimum absolute atomic E-state index is 0.356. The maximum Gasteiger partial charge on any atom is 0.414 e. The van der Waals surface area contributed by atoms with E-state index in [1.807, 2.05) is 19.2 Å². The highest BCUT2D eigenvalue weighted by Gasteiger charge is 2.25. The summed E-state index contributed by atoms with van der Waals surface area (Å²) >= 11 is 0. The van der Waals surface area contributed by atoms with Crippen molar-refractivity contribution in [2.24, 2.45) is 7.05 Å². The number of rotatable bonds is 2. The lowest BCUT2D eigenvalue weighted by Gasteiger charge is -2.27. The number of fused-ring (bicyclic) bond motifs is 1. The van der Waals surface area contributed by atoms with E-state index in [2.05, 4.69) is 45.0 Å². The number of carbonyl (C=O) groups is 2.